The van der Waals surface area contributed by atoms with E-state index in [1.165, 1.54) is 12.1 Å². The standard InChI is InChI=1S/C18H21F3O2/c1-11(2)8-12-4-3-5-13(9-12)15-7-6-14(17(22)23)10-16(15)18(19,20)21/h6-7,9-12H,3-5,8H2,1-2H3,(H,22,23). The van der Waals surface area contributed by atoms with Crippen molar-refractivity contribution in [2.24, 2.45) is 11.8 Å². The van der Waals surface area contributed by atoms with Gasteiger partial charge in [-0.25, -0.2) is 4.79 Å². The highest BCUT2D eigenvalue weighted by Gasteiger charge is 2.35. The van der Waals surface area contributed by atoms with Crippen LogP contribution in [0, 0.1) is 11.8 Å². The molecule has 0 bridgehead atoms. The lowest BCUT2D eigenvalue weighted by Crippen LogP contribution is -2.13. The van der Waals surface area contributed by atoms with Crippen LogP contribution in [-0.2, 0) is 6.18 Å². The Bertz CT molecular complexity index is 615. The van der Waals surface area contributed by atoms with E-state index in [9.17, 15) is 18.0 Å². The quantitative estimate of drug-likeness (QED) is 0.778. The van der Waals surface area contributed by atoms with Crippen LogP contribution in [0.2, 0.25) is 0 Å². The van der Waals surface area contributed by atoms with Crippen LogP contribution in [0.15, 0.2) is 24.3 Å². The molecule has 1 atom stereocenters. The average molecular weight is 326 g/mol. The van der Waals surface area contributed by atoms with Crippen molar-refractivity contribution in [1.82, 2.24) is 0 Å². The molecule has 2 nitrogen and oxygen atoms in total. The molecule has 0 fully saturated rings. The first kappa shape index (κ1) is 17.6. The van der Waals surface area contributed by atoms with E-state index in [0.717, 1.165) is 25.3 Å². The zero-order valence-electron chi connectivity index (χ0n) is 13.3. The van der Waals surface area contributed by atoms with Gasteiger partial charge in [-0.15, -0.1) is 0 Å². The van der Waals surface area contributed by atoms with Crippen molar-refractivity contribution in [1.29, 1.82) is 0 Å². The molecule has 1 aliphatic carbocycles. The van der Waals surface area contributed by atoms with Crippen molar-refractivity contribution in [3.63, 3.8) is 0 Å². The van der Waals surface area contributed by atoms with Gasteiger partial charge in [-0.2, -0.15) is 13.2 Å². The second-order valence-electron chi connectivity index (χ2n) is 6.54. The summed E-state index contributed by atoms with van der Waals surface area (Å²) in [7, 11) is 0. The minimum Gasteiger partial charge on any atom is -0.478 e. The summed E-state index contributed by atoms with van der Waals surface area (Å²) >= 11 is 0. The molecule has 1 aromatic carbocycles. The van der Waals surface area contributed by atoms with Crippen LogP contribution in [0.4, 0.5) is 13.2 Å². The van der Waals surface area contributed by atoms with Gasteiger partial charge in [0.1, 0.15) is 0 Å². The summed E-state index contributed by atoms with van der Waals surface area (Å²) in [6.07, 6.45) is 0.806. The molecule has 0 saturated heterocycles. The van der Waals surface area contributed by atoms with Gasteiger partial charge < -0.3 is 5.11 Å². The molecule has 1 aliphatic rings. The molecular formula is C18H21F3O2. The first-order valence-electron chi connectivity index (χ1n) is 7.84. The van der Waals surface area contributed by atoms with Gasteiger partial charge in [0.05, 0.1) is 11.1 Å². The topological polar surface area (TPSA) is 37.3 Å². The average Bonchev–Trinajstić information content (AvgIpc) is 2.45. The van der Waals surface area contributed by atoms with Gasteiger partial charge >= 0.3 is 12.1 Å². The molecule has 1 unspecified atom stereocenters. The van der Waals surface area contributed by atoms with Crippen LogP contribution < -0.4 is 0 Å². The van der Waals surface area contributed by atoms with Crippen LogP contribution in [0.1, 0.15) is 61.0 Å². The highest BCUT2D eigenvalue weighted by molar-refractivity contribution is 5.88. The Hall–Kier alpha value is -1.78. The third-order valence-electron chi connectivity index (χ3n) is 4.15. The maximum Gasteiger partial charge on any atom is 0.417 e. The number of benzene rings is 1. The van der Waals surface area contributed by atoms with Gasteiger partial charge in [-0.3, -0.25) is 0 Å². The monoisotopic (exact) mass is 326 g/mol. The van der Waals surface area contributed by atoms with E-state index in [1.807, 2.05) is 6.08 Å². The van der Waals surface area contributed by atoms with Gasteiger partial charge in [-0.05, 0) is 60.8 Å². The predicted octanol–water partition coefficient (Wildman–Crippen LogP) is 5.63. The predicted molar refractivity (Wildman–Crippen MR) is 83.2 cm³/mol. The Balaban J connectivity index is 2.45. The third-order valence-corrected chi connectivity index (χ3v) is 4.15. The zero-order valence-corrected chi connectivity index (χ0v) is 13.3. The molecule has 126 valence electrons. The number of carbonyl (C=O) groups is 1. The number of halogens is 3. The fraction of sp³-hybridized carbons (Fsp3) is 0.500. The Morgan fingerprint density at radius 1 is 1.35 bits per heavy atom. The fourth-order valence-corrected chi connectivity index (χ4v) is 3.21. The molecule has 0 saturated carbocycles. The minimum atomic E-state index is -4.56. The highest BCUT2D eigenvalue weighted by Crippen LogP contribution is 2.40. The van der Waals surface area contributed by atoms with E-state index in [0.29, 0.717) is 23.8 Å². The molecule has 0 radical (unpaired) electrons. The summed E-state index contributed by atoms with van der Waals surface area (Å²) in [5.74, 6) is -0.566. The number of hydrogen-bond donors (Lipinski definition) is 1. The Kier molecular flexibility index (Phi) is 5.17. The molecule has 0 amide bonds. The number of aromatic carboxylic acids is 1. The third kappa shape index (κ3) is 4.36. The number of allylic oxidation sites excluding steroid dienone is 2. The van der Waals surface area contributed by atoms with Crippen molar-refractivity contribution in [3.8, 4) is 0 Å². The maximum absolute atomic E-state index is 13.3. The first-order valence-corrected chi connectivity index (χ1v) is 7.84. The smallest absolute Gasteiger partial charge is 0.417 e. The van der Waals surface area contributed by atoms with Crippen LogP contribution in [-0.4, -0.2) is 11.1 Å². The molecule has 0 aromatic heterocycles. The fourth-order valence-electron chi connectivity index (χ4n) is 3.21. The SMILES string of the molecule is CC(C)CC1C=C(c2ccc(C(=O)O)cc2C(F)(F)F)CCC1. The Morgan fingerprint density at radius 3 is 2.61 bits per heavy atom. The molecule has 0 aliphatic heterocycles. The van der Waals surface area contributed by atoms with Crippen LogP contribution in [0.5, 0.6) is 0 Å². The molecule has 1 aromatic rings. The number of carboxylic acid groups (broad SMARTS) is 1. The van der Waals surface area contributed by atoms with Gasteiger partial charge in [0.2, 0.25) is 0 Å². The van der Waals surface area contributed by atoms with Crippen LogP contribution in [0.3, 0.4) is 0 Å². The Labute approximate surface area is 134 Å². The molecule has 1 N–H and O–H groups in total. The van der Waals surface area contributed by atoms with Crippen molar-refractivity contribution in [3.05, 3.63) is 41.0 Å². The zero-order chi connectivity index (χ0) is 17.2. The van der Waals surface area contributed by atoms with E-state index >= 15 is 0 Å². The lowest BCUT2D eigenvalue weighted by molar-refractivity contribution is -0.137. The summed E-state index contributed by atoms with van der Waals surface area (Å²) in [6.45, 7) is 4.20. The lowest BCUT2D eigenvalue weighted by Gasteiger charge is -2.24. The van der Waals surface area contributed by atoms with Crippen LogP contribution >= 0.6 is 0 Å². The molecule has 5 heteroatoms. The highest BCUT2D eigenvalue weighted by atomic mass is 19.4. The lowest BCUT2D eigenvalue weighted by atomic mass is 9.82. The summed E-state index contributed by atoms with van der Waals surface area (Å²) in [4.78, 5) is 11.0. The second-order valence-corrected chi connectivity index (χ2v) is 6.54. The number of rotatable bonds is 4. The van der Waals surface area contributed by atoms with Gasteiger partial charge in [0, 0.05) is 0 Å². The molecule has 0 spiro atoms. The summed E-state index contributed by atoms with van der Waals surface area (Å²) in [5, 5.41) is 8.94. The summed E-state index contributed by atoms with van der Waals surface area (Å²) in [6, 6.07) is 3.29. The van der Waals surface area contributed by atoms with Gasteiger partial charge in [-0.1, -0.05) is 26.0 Å². The molecule has 2 rings (SSSR count). The largest absolute Gasteiger partial charge is 0.478 e. The van der Waals surface area contributed by atoms with E-state index in [-0.39, 0.29) is 11.1 Å². The van der Waals surface area contributed by atoms with Gasteiger partial charge in [0.15, 0.2) is 0 Å². The van der Waals surface area contributed by atoms with Crippen molar-refractivity contribution < 1.29 is 23.1 Å². The van der Waals surface area contributed by atoms with Crippen molar-refractivity contribution >= 4 is 11.5 Å². The van der Waals surface area contributed by atoms with Crippen LogP contribution in [0.25, 0.3) is 5.57 Å². The second kappa shape index (κ2) is 6.77. The van der Waals surface area contributed by atoms with E-state index in [4.69, 9.17) is 5.11 Å². The molecular weight excluding hydrogens is 305 g/mol. The number of alkyl halides is 3. The normalized spacial score (nSPS) is 18.9. The Morgan fingerprint density at radius 2 is 2.04 bits per heavy atom. The van der Waals surface area contributed by atoms with Crippen molar-refractivity contribution in [2.75, 3.05) is 0 Å². The summed E-state index contributed by atoms with van der Waals surface area (Å²) < 4.78 is 40.0. The van der Waals surface area contributed by atoms with E-state index in [1.54, 1.807) is 0 Å². The number of carboxylic acids is 1. The maximum atomic E-state index is 13.3. The van der Waals surface area contributed by atoms with E-state index in [2.05, 4.69) is 13.8 Å². The first-order chi connectivity index (χ1) is 10.7. The molecule has 23 heavy (non-hydrogen) atoms. The van der Waals surface area contributed by atoms with E-state index < -0.39 is 17.7 Å². The molecule has 0 heterocycles. The van der Waals surface area contributed by atoms with Gasteiger partial charge in [0.25, 0.3) is 0 Å². The van der Waals surface area contributed by atoms with Crippen molar-refractivity contribution in [2.45, 2.75) is 45.7 Å². The minimum absolute atomic E-state index is 0.121. The number of hydrogen-bond acceptors (Lipinski definition) is 1. The summed E-state index contributed by atoms with van der Waals surface area (Å²) in [5.41, 5.74) is -0.382.